The van der Waals surface area contributed by atoms with E-state index in [1.165, 1.54) is 24.3 Å². The number of isocyanates is 2. The molecule has 1 aromatic carbocycles. The zero-order valence-corrected chi connectivity index (χ0v) is 11.5. The molecule has 1 aliphatic rings. The molecule has 6 nitrogen and oxygen atoms in total. The number of rotatable bonds is 2. The van der Waals surface area contributed by atoms with Gasteiger partial charge in [0.05, 0.1) is 5.69 Å². The molecule has 0 aromatic heterocycles. The highest BCUT2D eigenvalue weighted by atomic mass is 32.2. The van der Waals surface area contributed by atoms with Crippen molar-refractivity contribution >= 4 is 33.0 Å². The standard InChI is InChI=1S/C7H5NO3S.C7H5NO/c9-5-8-6-3-1-2-4-7(6)12(10)11;9-6-8-7-4-2-1-3-5-7/h1-4,6H;1-5H. The minimum Gasteiger partial charge on any atom is -0.211 e. The molecule has 0 N–H and O–H groups in total. The number of allylic oxidation sites excluding steroid dienone is 2. The summed E-state index contributed by atoms with van der Waals surface area (Å²) in [5, 5.41) is 0. The summed E-state index contributed by atoms with van der Waals surface area (Å²) < 4.78 is 21.1. The van der Waals surface area contributed by atoms with E-state index < -0.39 is 16.3 Å². The Bertz CT molecular complexity index is 758. The average molecular weight is 302 g/mol. The minimum atomic E-state index is -2.33. The number of nitrogens with zero attached hydrogens (tertiary/aromatic N) is 2. The van der Waals surface area contributed by atoms with E-state index in [1.54, 1.807) is 24.3 Å². The number of carbonyl (C=O) groups excluding carboxylic acids is 2. The largest absolute Gasteiger partial charge is 0.240 e. The van der Waals surface area contributed by atoms with Crippen molar-refractivity contribution in [3.8, 4) is 0 Å². The molecule has 2 rings (SSSR count). The second-order valence-electron chi connectivity index (χ2n) is 3.58. The second-order valence-corrected chi connectivity index (χ2v) is 4.53. The van der Waals surface area contributed by atoms with E-state index in [4.69, 9.17) is 0 Å². The topological polar surface area (TPSA) is 93.0 Å². The Morgan fingerprint density at radius 2 is 1.71 bits per heavy atom. The maximum atomic E-state index is 10.5. The summed E-state index contributed by atoms with van der Waals surface area (Å²) in [6, 6.07) is 8.28. The van der Waals surface area contributed by atoms with E-state index in [2.05, 4.69) is 9.98 Å². The van der Waals surface area contributed by atoms with Crippen LogP contribution in [-0.2, 0) is 19.9 Å². The molecule has 21 heavy (non-hydrogen) atoms. The van der Waals surface area contributed by atoms with Crippen LogP contribution in [0.2, 0.25) is 0 Å². The summed E-state index contributed by atoms with van der Waals surface area (Å²) in [6.45, 7) is 0. The molecule has 1 aliphatic carbocycles. The molecule has 1 unspecified atom stereocenters. The molecular weight excluding hydrogens is 292 g/mol. The van der Waals surface area contributed by atoms with E-state index in [-0.39, 0.29) is 4.86 Å². The number of para-hydroxylation sites is 1. The predicted molar refractivity (Wildman–Crippen MR) is 78.3 cm³/mol. The Balaban J connectivity index is 0.000000219. The van der Waals surface area contributed by atoms with Crippen LogP contribution in [0.15, 0.2) is 64.6 Å². The van der Waals surface area contributed by atoms with Gasteiger partial charge in [-0.1, -0.05) is 36.4 Å². The SMILES string of the molecule is O=C=NC1C=CC=CC1=S(=O)=O.O=C=Nc1ccccc1. The Labute approximate surface area is 122 Å². The first kappa shape index (κ1) is 16.2. The highest BCUT2D eigenvalue weighted by Gasteiger charge is 2.12. The first-order chi connectivity index (χ1) is 10.2. The van der Waals surface area contributed by atoms with Crippen LogP contribution in [0.25, 0.3) is 0 Å². The van der Waals surface area contributed by atoms with Gasteiger partial charge in [0.15, 0.2) is 0 Å². The molecule has 0 heterocycles. The first-order valence-corrected chi connectivity index (χ1v) is 6.77. The normalized spacial score (nSPS) is 15.0. The van der Waals surface area contributed by atoms with Gasteiger partial charge in [0.1, 0.15) is 10.9 Å². The van der Waals surface area contributed by atoms with Crippen molar-refractivity contribution in [2.75, 3.05) is 0 Å². The van der Waals surface area contributed by atoms with E-state index in [9.17, 15) is 18.0 Å². The second kappa shape index (κ2) is 9.12. The van der Waals surface area contributed by atoms with Gasteiger partial charge in [0, 0.05) is 0 Å². The van der Waals surface area contributed by atoms with Crippen LogP contribution in [0.1, 0.15) is 0 Å². The molecule has 0 spiro atoms. The highest BCUT2D eigenvalue weighted by molar-refractivity contribution is 7.73. The third-order valence-electron chi connectivity index (χ3n) is 2.27. The van der Waals surface area contributed by atoms with Crippen LogP contribution < -0.4 is 0 Å². The molecule has 106 valence electrons. The van der Waals surface area contributed by atoms with Gasteiger partial charge in [-0.3, -0.25) is 0 Å². The maximum absolute atomic E-state index is 10.5. The first-order valence-electron chi connectivity index (χ1n) is 5.70. The van der Waals surface area contributed by atoms with Crippen molar-refractivity contribution in [1.82, 2.24) is 0 Å². The number of aliphatic imine (C=N–C) groups is 2. The fourth-order valence-corrected chi connectivity index (χ4v) is 1.90. The molecule has 0 aliphatic heterocycles. The lowest BCUT2D eigenvalue weighted by molar-refractivity contribution is 0.562. The Morgan fingerprint density at radius 3 is 2.29 bits per heavy atom. The van der Waals surface area contributed by atoms with Crippen molar-refractivity contribution < 1.29 is 18.0 Å². The van der Waals surface area contributed by atoms with Gasteiger partial charge >= 0.3 is 0 Å². The summed E-state index contributed by atoms with van der Waals surface area (Å²) in [4.78, 5) is 26.4. The van der Waals surface area contributed by atoms with Crippen molar-refractivity contribution in [3.05, 3.63) is 54.6 Å². The number of hydrogen-bond donors (Lipinski definition) is 0. The molecule has 0 radical (unpaired) electrons. The summed E-state index contributed by atoms with van der Waals surface area (Å²) in [5.41, 5.74) is 0.646. The maximum Gasteiger partial charge on any atom is 0.240 e. The van der Waals surface area contributed by atoms with Gasteiger partial charge in [-0.05, 0) is 18.2 Å². The molecule has 0 saturated carbocycles. The van der Waals surface area contributed by atoms with Crippen LogP contribution in [-0.4, -0.2) is 31.5 Å². The summed E-state index contributed by atoms with van der Waals surface area (Å²) in [6.07, 6.45) is 8.88. The van der Waals surface area contributed by atoms with Gasteiger partial charge in [-0.25, -0.2) is 9.59 Å². The van der Waals surface area contributed by atoms with Gasteiger partial charge in [-0.2, -0.15) is 18.4 Å². The van der Waals surface area contributed by atoms with Crippen LogP contribution >= 0.6 is 0 Å². The van der Waals surface area contributed by atoms with Crippen molar-refractivity contribution in [2.24, 2.45) is 9.98 Å². The molecule has 0 fully saturated rings. The van der Waals surface area contributed by atoms with Gasteiger partial charge in [0.2, 0.25) is 22.5 Å². The third-order valence-corrected chi connectivity index (χ3v) is 3.03. The van der Waals surface area contributed by atoms with Gasteiger partial charge < -0.3 is 0 Å². The van der Waals surface area contributed by atoms with Crippen molar-refractivity contribution in [1.29, 1.82) is 0 Å². The van der Waals surface area contributed by atoms with Crippen LogP contribution in [0.5, 0.6) is 0 Å². The van der Waals surface area contributed by atoms with E-state index in [1.807, 2.05) is 18.2 Å². The van der Waals surface area contributed by atoms with Crippen molar-refractivity contribution in [2.45, 2.75) is 6.04 Å². The Kier molecular flexibility index (Phi) is 7.04. The fourth-order valence-electron chi connectivity index (χ4n) is 1.39. The zero-order chi connectivity index (χ0) is 15.5. The Hall–Kier alpha value is -2.85. The smallest absolute Gasteiger partial charge is 0.211 e. The lowest BCUT2D eigenvalue weighted by atomic mass is 10.1. The highest BCUT2D eigenvalue weighted by Crippen LogP contribution is 2.07. The molecule has 1 atom stereocenters. The lowest BCUT2D eigenvalue weighted by Gasteiger charge is -2.04. The monoisotopic (exact) mass is 302 g/mol. The molecule has 0 bridgehead atoms. The van der Waals surface area contributed by atoms with Gasteiger partial charge in [-0.15, -0.1) is 0 Å². The fraction of sp³-hybridized carbons (Fsp3) is 0.0714. The quantitative estimate of drug-likeness (QED) is 0.470. The van der Waals surface area contributed by atoms with Crippen LogP contribution in [0, 0.1) is 0 Å². The van der Waals surface area contributed by atoms with Crippen LogP contribution in [0.4, 0.5) is 5.69 Å². The molecule has 0 amide bonds. The molecular formula is C14H10N2O4S. The van der Waals surface area contributed by atoms with E-state index in [0.717, 1.165) is 0 Å². The molecule has 1 aromatic rings. The Morgan fingerprint density at radius 1 is 1.00 bits per heavy atom. The van der Waals surface area contributed by atoms with E-state index in [0.29, 0.717) is 5.69 Å². The molecule has 0 saturated heterocycles. The van der Waals surface area contributed by atoms with Gasteiger partial charge in [0.25, 0.3) is 0 Å². The molecule has 7 heteroatoms. The van der Waals surface area contributed by atoms with Crippen LogP contribution in [0.3, 0.4) is 0 Å². The number of benzene rings is 1. The number of hydrogen-bond acceptors (Lipinski definition) is 6. The zero-order valence-electron chi connectivity index (χ0n) is 10.7. The summed E-state index contributed by atoms with van der Waals surface area (Å²) in [7, 11) is -2.33. The summed E-state index contributed by atoms with van der Waals surface area (Å²) in [5.74, 6) is 0. The third kappa shape index (κ3) is 5.76. The minimum absolute atomic E-state index is 0.0841. The van der Waals surface area contributed by atoms with Crippen molar-refractivity contribution in [3.63, 3.8) is 0 Å². The average Bonchev–Trinajstić information content (AvgIpc) is 2.50. The predicted octanol–water partition coefficient (Wildman–Crippen LogP) is 1.52. The lowest BCUT2D eigenvalue weighted by Crippen LogP contribution is -2.16. The van der Waals surface area contributed by atoms with E-state index >= 15 is 0 Å². The summed E-state index contributed by atoms with van der Waals surface area (Å²) >= 11 is 0.